The van der Waals surface area contributed by atoms with Gasteiger partial charge in [0.05, 0.1) is 16.6 Å². The number of hydrogen-bond donors (Lipinski definition) is 1. The van der Waals surface area contributed by atoms with Gasteiger partial charge in [-0.3, -0.25) is 14.9 Å². The fraction of sp³-hybridized carbons (Fsp3) is 0.533. The summed E-state index contributed by atoms with van der Waals surface area (Å²) in [6, 6.07) is 1.86. The van der Waals surface area contributed by atoms with E-state index >= 15 is 0 Å². The average Bonchev–Trinajstić information content (AvgIpc) is 2.54. The first kappa shape index (κ1) is 17.8. The average molecular weight is 388 g/mol. The number of likely N-dealkylation sites (tertiary alicyclic amines) is 1. The molecule has 2 rings (SSSR count). The highest BCUT2D eigenvalue weighted by Crippen LogP contribution is 2.31. The molecule has 1 saturated heterocycles. The van der Waals surface area contributed by atoms with Crippen LogP contribution in [0, 0.1) is 21.8 Å². The molecule has 1 N–H and O–H groups in total. The van der Waals surface area contributed by atoms with Crippen LogP contribution in [0.25, 0.3) is 0 Å². The lowest BCUT2D eigenvalue weighted by molar-refractivity contribution is -0.385. The molecule has 8 heteroatoms. The van der Waals surface area contributed by atoms with Crippen LogP contribution in [0.4, 0.5) is 10.1 Å². The molecular weight excluding hydrogens is 369 g/mol. The van der Waals surface area contributed by atoms with Crippen LogP contribution in [0.5, 0.6) is 0 Å². The zero-order valence-corrected chi connectivity index (χ0v) is 14.4. The van der Waals surface area contributed by atoms with Gasteiger partial charge in [-0.15, -0.1) is 0 Å². The number of rotatable bonds is 5. The Hall–Kier alpha value is -1.54. The predicted molar refractivity (Wildman–Crippen MR) is 87.9 cm³/mol. The Kier molecular flexibility index (Phi) is 6.06. The van der Waals surface area contributed by atoms with Crippen molar-refractivity contribution >= 4 is 27.5 Å². The second kappa shape index (κ2) is 7.83. The first-order valence-corrected chi connectivity index (χ1v) is 8.30. The van der Waals surface area contributed by atoms with Gasteiger partial charge in [-0.1, -0.05) is 0 Å². The van der Waals surface area contributed by atoms with Crippen LogP contribution in [-0.2, 0) is 0 Å². The van der Waals surface area contributed by atoms with E-state index in [1.807, 2.05) is 7.05 Å². The summed E-state index contributed by atoms with van der Waals surface area (Å²) in [6.07, 6.45) is 2.85. The molecule has 1 aliphatic heterocycles. The molecule has 23 heavy (non-hydrogen) atoms. The van der Waals surface area contributed by atoms with Crippen molar-refractivity contribution in [3.63, 3.8) is 0 Å². The number of hydrogen-bond acceptors (Lipinski definition) is 4. The molecular formula is C15H19BrFN3O3. The maximum absolute atomic E-state index is 13.6. The summed E-state index contributed by atoms with van der Waals surface area (Å²) in [5, 5.41) is 14.1. The molecule has 0 spiro atoms. The van der Waals surface area contributed by atoms with E-state index in [1.54, 1.807) is 4.90 Å². The van der Waals surface area contributed by atoms with Crippen molar-refractivity contribution in [2.24, 2.45) is 5.92 Å². The third kappa shape index (κ3) is 4.26. The second-order valence-electron chi connectivity index (χ2n) is 5.67. The highest BCUT2D eigenvalue weighted by Gasteiger charge is 2.28. The van der Waals surface area contributed by atoms with Gasteiger partial charge in [-0.25, -0.2) is 4.39 Å². The van der Waals surface area contributed by atoms with Crippen molar-refractivity contribution in [2.45, 2.75) is 19.3 Å². The van der Waals surface area contributed by atoms with Crippen LogP contribution in [-0.4, -0.2) is 42.4 Å². The lowest BCUT2D eigenvalue weighted by Gasteiger charge is -2.32. The lowest BCUT2D eigenvalue weighted by Crippen LogP contribution is -2.39. The summed E-state index contributed by atoms with van der Waals surface area (Å²) < 4.78 is 13.6. The number of nitro benzene ring substituents is 1. The second-order valence-corrected chi connectivity index (χ2v) is 6.46. The van der Waals surface area contributed by atoms with Gasteiger partial charge in [0, 0.05) is 13.1 Å². The smallest absolute Gasteiger partial charge is 0.287 e. The van der Waals surface area contributed by atoms with Gasteiger partial charge < -0.3 is 10.2 Å². The Morgan fingerprint density at radius 3 is 2.70 bits per heavy atom. The fourth-order valence-electron chi connectivity index (χ4n) is 2.81. The molecule has 0 saturated carbocycles. The molecule has 1 fully saturated rings. The molecule has 0 radical (unpaired) electrons. The van der Waals surface area contributed by atoms with Crippen molar-refractivity contribution < 1.29 is 14.1 Å². The quantitative estimate of drug-likeness (QED) is 0.622. The van der Waals surface area contributed by atoms with Gasteiger partial charge in [-0.2, -0.15) is 0 Å². The minimum Gasteiger partial charge on any atom is -0.339 e. The number of carbonyl (C=O) groups excluding carboxylic acids is 1. The van der Waals surface area contributed by atoms with Gasteiger partial charge in [0.1, 0.15) is 10.3 Å². The van der Waals surface area contributed by atoms with Crippen LogP contribution in [0.2, 0.25) is 0 Å². The highest BCUT2D eigenvalue weighted by molar-refractivity contribution is 9.10. The van der Waals surface area contributed by atoms with E-state index in [9.17, 15) is 19.3 Å². The number of carbonyl (C=O) groups is 1. The number of amides is 1. The summed E-state index contributed by atoms with van der Waals surface area (Å²) in [6.45, 7) is 2.12. The monoisotopic (exact) mass is 387 g/mol. The van der Waals surface area contributed by atoms with Crippen molar-refractivity contribution in [3.05, 3.63) is 38.1 Å². The first-order valence-electron chi connectivity index (χ1n) is 7.51. The molecule has 1 aliphatic rings. The standard InChI is InChI=1S/C15H19BrFN3O3/c1-18-5-2-10-3-6-19(7-4-10)15(21)12-8-11(17)9-13(14(12)16)20(22)23/h8-10,18H,2-7H2,1H3. The summed E-state index contributed by atoms with van der Waals surface area (Å²) in [4.78, 5) is 24.4. The fourth-order valence-corrected chi connectivity index (χ4v) is 3.35. The van der Waals surface area contributed by atoms with E-state index in [1.165, 1.54) is 0 Å². The van der Waals surface area contributed by atoms with Gasteiger partial charge in [0.15, 0.2) is 0 Å². The molecule has 0 unspecified atom stereocenters. The van der Waals surface area contributed by atoms with Gasteiger partial charge in [-0.05, 0) is 60.8 Å². The third-order valence-electron chi connectivity index (χ3n) is 4.15. The number of nitrogens with one attached hydrogen (secondary N) is 1. The maximum Gasteiger partial charge on any atom is 0.287 e. The molecule has 126 valence electrons. The van der Waals surface area contributed by atoms with Crippen molar-refractivity contribution in [1.82, 2.24) is 10.2 Å². The highest BCUT2D eigenvalue weighted by atomic mass is 79.9. The van der Waals surface area contributed by atoms with E-state index < -0.39 is 16.4 Å². The Balaban J connectivity index is 2.11. The zero-order chi connectivity index (χ0) is 17.0. The summed E-state index contributed by atoms with van der Waals surface area (Å²) in [7, 11) is 1.91. The summed E-state index contributed by atoms with van der Waals surface area (Å²) in [5.74, 6) is -0.588. The molecule has 1 aromatic rings. The van der Waals surface area contributed by atoms with E-state index in [0.717, 1.165) is 37.9 Å². The molecule has 0 aliphatic carbocycles. The van der Waals surface area contributed by atoms with Crippen LogP contribution in [0.3, 0.4) is 0 Å². The molecule has 6 nitrogen and oxygen atoms in total. The van der Waals surface area contributed by atoms with Crippen molar-refractivity contribution in [1.29, 1.82) is 0 Å². The molecule has 1 aromatic carbocycles. The lowest BCUT2D eigenvalue weighted by atomic mass is 9.93. The number of piperidine rings is 1. The topological polar surface area (TPSA) is 75.5 Å². The van der Waals surface area contributed by atoms with Crippen LogP contribution in [0.1, 0.15) is 29.6 Å². The van der Waals surface area contributed by atoms with E-state index in [2.05, 4.69) is 21.2 Å². The van der Waals surface area contributed by atoms with Crippen LogP contribution in [0.15, 0.2) is 16.6 Å². The van der Waals surface area contributed by atoms with Gasteiger partial charge >= 0.3 is 0 Å². The summed E-state index contributed by atoms with van der Waals surface area (Å²) in [5.41, 5.74) is -0.428. The Labute approximate surface area is 142 Å². The Morgan fingerprint density at radius 2 is 2.13 bits per heavy atom. The Morgan fingerprint density at radius 1 is 1.48 bits per heavy atom. The largest absolute Gasteiger partial charge is 0.339 e. The van der Waals surface area contributed by atoms with Crippen LogP contribution < -0.4 is 5.32 Å². The van der Waals surface area contributed by atoms with E-state index in [0.29, 0.717) is 19.0 Å². The first-order chi connectivity index (χ1) is 10.9. The Bertz CT molecular complexity index is 604. The molecule has 0 aromatic heterocycles. The minimum atomic E-state index is -0.785. The molecule has 0 bridgehead atoms. The summed E-state index contributed by atoms with van der Waals surface area (Å²) >= 11 is 3.07. The number of nitrogens with zero attached hydrogens (tertiary/aromatic N) is 2. The van der Waals surface area contributed by atoms with Crippen LogP contribution >= 0.6 is 15.9 Å². The van der Waals surface area contributed by atoms with Gasteiger partial charge in [0.2, 0.25) is 0 Å². The maximum atomic E-state index is 13.6. The predicted octanol–water partition coefficient (Wildman–Crippen LogP) is 2.96. The molecule has 1 heterocycles. The number of nitro groups is 1. The van der Waals surface area contributed by atoms with Crippen molar-refractivity contribution in [3.8, 4) is 0 Å². The van der Waals surface area contributed by atoms with E-state index in [-0.39, 0.29) is 15.9 Å². The zero-order valence-electron chi connectivity index (χ0n) is 12.8. The van der Waals surface area contributed by atoms with Gasteiger partial charge in [0.25, 0.3) is 11.6 Å². The minimum absolute atomic E-state index is 0.00498. The normalized spacial score (nSPS) is 15.7. The number of benzene rings is 1. The number of halogens is 2. The third-order valence-corrected chi connectivity index (χ3v) is 4.98. The molecule has 1 amide bonds. The molecule has 0 atom stereocenters. The van der Waals surface area contributed by atoms with E-state index in [4.69, 9.17) is 0 Å². The van der Waals surface area contributed by atoms with Crippen molar-refractivity contribution in [2.75, 3.05) is 26.7 Å². The SMILES string of the molecule is CNCCC1CCN(C(=O)c2cc(F)cc([N+](=O)[O-])c2Br)CC1.